The van der Waals surface area contributed by atoms with Crippen molar-refractivity contribution in [3.05, 3.63) is 69.1 Å². The van der Waals surface area contributed by atoms with Crippen LogP contribution in [-0.4, -0.2) is 0 Å². The van der Waals surface area contributed by atoms with E-state index in [4.69, 9.17) is 16.0 Å². The van der Waals surface area contributed by atoms with Gasteiger partial charge in [0.15, 0.2) is 0 Å². The van der Waals surface area contributed by atoms with Crippen molar-refractivity contribution in [2.75, 3.05) is 0 Å². The summed E-state index contributed by atoms with van der Waals surface area (Å²) < 4.78 is 44.2. The number of allylic oxidation sites excluding steroid dienone is 1. The number of thiophene rings is 1. The highest BCUT2D eigenvalue weighted by atomic mass is 35.5. The van der Waals surface area contributed by atoms with E-state index < -0.39 is 11.7 Å². The SMILES string of the molecule is N#CC(=Cc1ccc(-c2cc(C(F)(F)F)ccc2Cl)o1)c1cccs1. The molecular weight excluding hydrogens is 371 g/mol. The molecule has 3 aromatic rings. The quantitative estimate of drug-likeness (QED) is 0.472. The van der Waals surface area contributed by atoms with Crippen LogP contribution in [0.25, 0.3) is 23.0 Å². The van der Waals surface area contributed by atoms with Gasteiger partial charge in [0.2, 0.25) is 0 Å². The summed E-state index contributed by atoms with van der Waals surface area (Å²) >= 11 is 7.42. The first-order valence-corrected chi connectivity index (χ1v) is 8.27. The fourth-order valence-electron chi connectivity index (χ4n) is 2.20. The maximum absolute atomic E-state index is 12.9. The van der Waals surface area contributed by atoms with Crippen LogP contribution in [0.2, 0.25) is 5.02 Å². The van der Waals surface area contributed by atoms with Gasteiger partial charge >= 0.3 is 6.18 Å². The van der Waals surface area contributed by atoms with Gasteiger partial charge in [0, 0.05) is 10.4 Å². The van der Waals surface area contributed by atoms with Gasteiger partial charge in [0.05, 0.1) is 16.2 Å². The molecule has 25 heavy (non-hydrogen) atoms. The van der Waals surface area contributed by atoms with Gasteiger partial charge in [-0.2, -0.15) is 18.4 Å². The summed E-state index contributed by atoms with van der Waals surface area (Å²) in [6, 6.07) is 11.8. The Bertz CT molecular complexity index is 965. The van der Waals surface area contributed by atoms with Gasteiger partial charge in [-0.3, -0.25) is 0 Å². The Morgan fingerprint density at radius 1 is 1.20 bits per heavy atom. The van der Waals surface area contributed by atoms with E-state index in [1.807, 2.05) is 11.4 Å². The molecule has 1 aromatic carbocycles. The van der Waals surface area contributed by atoms with Gasteiger partial charge in [-0.15, -0.1) is 11.3 Å². The molecule has 0 fully saturated rings. The first-order valence-electron chi connectivity index (χ1n) is 7.01. The number of benzene rings is 1. The zero-order valence-electron chi connectivity index (χ0n) is 12.5. The largest absolute Gasteiger partial charge is 0.457 e. The molecule has 0 radical (unpaired) electrons. The fourth-order valence-corrected chi connectivity index (χ4v) is 3.10. The summed E-state index contributed by atoms with van der Waals surface area (Å²) in [6.07, 6.45) is -2.93. The van der Waals surface area contributed by atoms with Crippen molar-refractivity contribution < 1.29 is 17.6 Å². The zero-order valence-corrected chi connectivity index (χ0v) is 14.0. The highest BCUT2D eigenvalue weighted by molar-refractivity contribution is 7.11. The minimum Gasteiger partial charge on any atom is -0.457 e. The average Bonchev–Trinajstić information content (AvgIpc) is 3.23. The van der Waals surface area contributed by atoms with Crippen molar-refractivity contribution in [2.45, 2.75) is 6.18 Å². The second-order valence-corrected chi connectivity index (χ2v) is 6.40. The van der Waals surface area contributed by atoms with Crippen LogP contribution in [-0.2, 0) is 6.18 Å². The van der Waals surface area contributed by atoms with Crippen molar-refractivity contribution in [3.8, 4) is 17.4 Å². The molecule has 0 aliphatic heterocycles. The third-order valence-electron chi connectivity index (χ3n) is 3.38. The van der Waals surface area contributed by atoms with E-state index in [2.05, 4.69) is 6.07 Å². The number of furan rings is 1. The monoisotopic (exact) mass is 379 g/mol. The van der Waals surface area contributed by atoms with E-state index in [1.54, 1.807) is 12.1 Å². The molecule has 0 atom stereocenters. The van der Waals surface area contributed by atoms with Crippen LogP contribution < -0.4 is 0 Å². The molecule has 0 bridgehead atoms. The molecule has 3 rings (SSSR count). The zero-order chi connectivity index (χ0) is 18.0. The van der Waals surface area contributed by atoms with Gasteiger partial charge in [-0.05, 0) is 47.9 Å². The van der Waals surface area contributed by atoms with Gasteiger partial charge in [0.1, 0.15) is 17.6 Å². The van der Waals surface area contributed by atoms with Crippen molar-refractivity contribution in [1.29, 1.82) is 5.26 Å². The summed E-state index contributed by atoms with van der Waals surface area (Å²) in [6.45, 7) is 0. The van der Waals surface area contributed by atoms with Crippen LogP contribution >= 0.6 is 22.9 Å². The molecule has 0 aliphatic carbocycles. The number of alkyl halides is 3. The van der Waals surface area contributed by atoms with E-state index in [0.29, 0.717) is 11.3 Å². The summed E-state index contributed by atoms with van der Waals surface area (Å²) in [5.41, 5.74) is -0.256. The lowest BCUT2D eigenvalue weighted by Crippen LogP contribution is -2.04. The fraction of sp³-hybridized carbons (Fsp3) is 0.0556. The second kappa shape index (κ2) is 6.79. The van der Waals surface area contributed by atoms with Gasteiger partial charge < -0.3 is 4.42 Å². The highest BCUT2D eigenvalue weighted by Gasteiger charge is 2.31. The molecule has 0 saturated heterocycles. The van der Waals surface area contributed by atoms with Gasteiger partial charge in [-0.1, -0.05) is 17.7 Å². The highest BCUT2D eigenvalue weighted by Crippen LogP contribution is 2.37. The minimum atomic E-state index is -4.47. The van der Waals surface area contributed by atoms with Gasteiger partial charge in [0.25, 0.3) is 0 Å². The van der Waals surface area contributed by atoms with Crippen LogP contribution in [0.15, 0.2) is 52.3 Å². The van der Waals surface area contributed by atoms with Crippen molar-refractivity contribution in [3.63, 3.8) is 0 Å². The number of nitriles is 1. The Kier molecular flexibility index (Phi) is 4.71. The van der Waals surface area contributed by atoms with Crippen LogP contribution in [0.5, 0.6) is 0 Å². The van der Waals surface area contributed by atoms with Gasteiger partial charge in [-0.25, -0.2) is 0 Å². The predicted molar refractivity (Wildman–Crippen MR) is 92.0 cm³/mol. The van der Waals surface area contributed by atoms with E-state index in [0.717, 1.165) is 17.0 Å². The van der Waals surface area contributed by atoms with Crippen LogP contribution in [0.1, 0.15) is 16.2 Å². The van der Waals surface area contributed by atoms with Crippen LogP contribution in [0, 0.1) is 11.3 Å². The Labute approximate surface area is 150 Å². The normalized spacial score (nSPS) is 12.2. The van der Waals surface area contributed by atoms with Crippen molar-refractivity contribution in [2.24, 2.45) is 0 Å². The van der Waals surface area contributed by atoms with Crippen LogP contribution in [0.3, 0.4) is 0 Å². The van der Waals surface area contributed by atoms with E-state index in [1.165, 1.54) is 29.5 Å². The number of nitrogens with zero attached hydrogens (tertiary/aromatic N) is 1. The molecule has 2 heterocycles. The molecule has 0 N–H and O–H groups in total. The molecule has 0 unspecified atom stereocenters. The molecule has 0 amide bonds. The summed E-state index contributed by atoms with van der Waals surface area (Å²) in [5, 5.41) is 11.2. The first kappa shape index (κ1) is 17.3. The number of halogens is 4. The summed E-state index contributed by atoms with van der Waals surface area (Å²) in [5.74, 6) is 0.555. The van der Waals surface area contributed by atoms with Crippen molar-refractivity contribution in [1.82, 2.24) is 0 Å². The average molecular weight is 380 g/mol. The Hall–Kier alpha value is -2.49. The molecular formula is C18H9ClF3NOS. The van der Waals surface area contributed by atoms with Crippen LogP contribution in [0.4, 0.5) is 13.2 Å². The second-order valence-electron chi connectivity index (χ2n) is 5.04. The number of rotatable bonds is 3. The van der Waals surface area contributed by atoms with E-state index in [9.17, 15) is 18.4 Å². The minimum absolute atomic E-state index is 0.144. The smallest absolute Gasteiger partial charge is 0.416 e. The van der Waals surface area contributed by atoms with Crippen molar-refractivity contribution >= 4 is 34.6 Å². The van der Waals surface area contributed by atoms with E-state index in [-0.39, 0.29) is 16.3 Å². The lowest BCUT2D eigenvalue weighted by molar-refractivity contribution is -0.137. The maximum Gasteiger partial charge on any atom is 0.416 e. The standard InChI is InChI=1S/C18H9ClF3NOS/c19-15-5-3-12(18(20,21)22)9-14(15)16-6-4-13(24-16)8-11(10-23)17-2-1-7-25-17/h1-9H. The third kappa shape index (κ3) is 3.78. The first-order chi connectivity index (χ1) is 11.9. The molecule has 0 aliphatic rings. The Morgan fingerprint density at radius 2 is 2.00 bits per heavy atom. The molecule has 126 valence electrons. The lowest BCUT2D eigenvalue weighted by Gasteiger charge is -2.09. The maximum atomic E-state index is 12.9. The molecule has 2 nitrogen and oxygen atoms in total. The molecule has 0 spiro atoms. The number of hydrogen-bond acceptors (Lipinski definition) is 3. The predicted octanol–water partition coefficient (Wildman–Crippen LogP) is 6.74. The Morgan fingerprint density at radius 3 is 2.64 bits per heavy atom. The lowest BCUT2D eigenvalue weighted by atomic mass is 10.1. The summed E-state index contributed by atoms with van der Waals surface area (Å²) in [4.78, 5) is 0.776. The Balaban J connectivity index is 1.99. The molecule has 0 saturated carbocycles. The molecule has 2 aromatic heterocycles. The molecule has 7 heteroatoms. The summed E-state index contributed by atoms with van der Waals surface area (Å²) in [7, 11) is 0. The third-order valence-corrected chi connectivity index (χ3v) is 4.61. The van der Waals surface area contributed by atoms with E-state index >= 15 is 0 Å². The topological polar surface area (TPSA) is 36.9 Å². The number of hydrogen-bond donors (Lipinski definition) is 0.